The van der Waals surface area contributed by atoms with Crippen LogP contribution in [-0.2, 0) is 9.59 Å². The Morgan fingerprint density at radius 2 is 1.67 bits per heavy atom. The third kappa shape index (κ3) is 6.81. The number of likely N-dealkylation sites (tertiary alicyclic amines) is 2. The lowest BCUT2D eigenvalue weighted by atomic mass is 9.74. The van der Waals surface area contributed by atoms with E-state index in [0.29, 0.717) is 31.6 Å². The zero-order valence-corrected chi connectivity index (χ0v) is 26.7. The van der Waals surface area contributed by atoms with Crippen LogP contribution in [0.1, 0.15) is 99.0 Å². The molecule has 1 aromatic rings. The Morgan fingerprint density at radius 3 is 2.21 bits per heavy atom. The molecule has 4 rings (SSSR count). The molecule has 0 radical (unpaired) electrons. The SMILES string of the molecule is CC1(C)CCC(N(C(=O)C(C)(C)C)[C@H]2C[C@@H](/C=N/O)N(C(=O)C3CN(C(C)(C)C)C[C@H]3c3ccc(F)cc3F)C2)CC1. The number of rotatable bonds is 5. The second-order valence-corrected chi connectivity index (χ2v) is 15.5. The number of hydrogen-bond donors (Lipinski definition) is 1. The van der Waals surface area contributed by atoms with Crippen molar-refractivity contribution in [3.05, 3.63) is 35.4 Å². The molecule has 3 fully saturated rings. The van der Waals surface area contributed by atoms with Crippen molar-refractivity contribution in [1.82, 2.24) is 14.7 Å². The van der Waals surface area contributed by atoms with E-state index in [1.165, 1.54) is 18.3 Å². The summed E-state index contributed by atoms with van der Waals surface area (Å²) in [6, 6.07) is 2.94. The first-order valence-corrected chi connectivity index (χ1v) is 15.4. The van der Waals surface area contributed by atoms with Gasteiger partial charge in [0.05, 0.1) is 24.2 Å². The average Bonchev–Trinajstić information content (AvgIpc) is 3.50. The van der Waals surface area contributed by atoms with E-state index in [2.05, 4.69) is 44.7 Å². The molecule has 2 amide bonds. The van der Waals surface area contributed by atoms with Crippen LogP contribution in [0.3, 0.4) is 0 Å². The van der Waals surface area contributed by atoms with Gasteiger partial charge in [-0.3, -0.25) is 14.5 Å². The van der Waals surface area contributed by atoms with E-state index >= 15 is 4.39 Å². The van der Waals surface area contributed by atoms with Gasteiger partial charge in [0, 0.05) is 48.6 Å². The Balaban J connectivity index is 1.66. The predicted octanol–water partition coefficient (Wildman–Crippen LogP) is 6.05. The van der Waals surface area contributed by atoms with Crippen molar-refractivity contribution in [3.8, 4) is 0 Å². The third-order valence-corrected chi connectivity index (χ3v) is 9.76. The van der Waals surface area contributed by atoms with Crippen LogP contribution in [0.15, 0.2) is 23.4 Å². The standard InChI is InChI=1S/C33H50F2N4O3/c1-31(2,3)30(41)39(22-11-13-33(7,8)14-12-22)24-16-23(17-36-42)38(18-24)29(40)27-20-37(32(4,5)6)19-26(27)25-10-9-21(34)15-28(25)35/h9-10,15,17,22-24,26-27,42H,11-14,16,18-20H2,1-8H3/b36-17+/t23-,24-,26-,27?/m0/s1. The normalized spacial score (nSPS) is 27.6. The van der Waals surface area contributed by atoms with Crippen molar-refractivity contribution in [2.24, 2.45) is 21.9 Å². The minimum absolute atomic E-state index is 0.0669. The van der Waals surface area contributed by atoms with Crippen molar-refractivity contribution in [1.29, 1.82) is 0 Å². The monoisotopic (exact) mass is 588 g/mol. The summed E-state index contributed by atoms with van der Waals surface area (Å²) >= 11 is 0. The highest BCUT2D eigenvalue weighted by Gasteiger charge is 2.49. The molecule has 1 aliphatic carbocycles. The Morgan fingerprint density at radius 1 is 1.02 bits per heavy atom. The number of carbonyl (C=O) groups is 2. The number of benzene rings is 1. The van der Waals surface area contributed by atoms with E-state index in [1.807, 2.05) is 25.7 Å². The van der Waals surface area contributed by atoms with Gasteiger partial charge >= 0.3 is 0 Å². The van der Waals surface area contributed by atoms with Crippen LogP contribution in [-0.4, -0.2) is 81.2 Å². The number of halogens is 2. The van der Waals surface area contributed by atoms with Crippen molar-refractivity contribution < 1.29 is 23.6 Å². The molecule has 2 saturated heterocycles. The minimum atomic E-state index is -0.652. The Labute approximate surface area is 250 Å². The number of carbonyl (C=O) groups excluding carboxylic acids is 2. The zero-order valence-electron chi connectivity index (χ0n) is 26.7. The van der Waals surface area contributed by atoms with Gasteiger partial charge in [-0.2, -0.15) is 0 Å². The summed E-state index contributed by atoms with van der Waals surface area (Å²) in [7, 11) is 0. The zero-order chi connectivity index (χ0) is 31.2. The molecule has 2 aliphatic heterocycles. The van der Waals surface area contributed by atoms with Crippen LogP contribution in [0.4, 0.5) is 8.78 Å². The maximum atomic E-state index is 15.1. The van der Waals surface area contributed by atoms with Gasteiger partial charge in [-0.05, 0) is 69.9 Å². The molecule has 9 heteroatoms. The maximum absolute atomic E-state index is 15.1. The number of amides is 2. The molecule has 1 saturated carbocycles. The summed E-state index contributed by atoms with van der Waals surface area (Å²) < 4.78 is 28.9. The maximum Gasteiger partial charge on any atom is 0.228 e. The quantitative estimate of drug-likeness (QED) is 0.258. The third-order valence-electron chi connectivity index (χ3n) is 9.76. The van der Waals surface area contributed by atoms with Gasteiger partial charge in [-0.1, -0.05) is 45.8 Å². The molecule has 42 heavy (non-hydrogen) atoms. The van der Waals surface area contributed by atoms with Crippen LogP contribution in [0.2, 0.25) is 0 Å². The first-order valence-electron chi connectivity index (χ1n) is 15.4. The van der Waals surface area contributed by atoms with E-state index in [9.17, 15) is 19.2 Å². The highest BCUT2D eigenvalue weighted by atomic mass is 19.1. The summed E-state index contributed by atoms with van der Waals surface area (Å²) in [5, 5.41) is 12.9. The van der Waals surface area contributed by atoms with Gasteiger partial charge < -0.3 is 15.0 Å². The smallest absolute Gasteiger partial charge is 0.228 e. The molecule has 3 aliphatic rings. The highest BCUT2D eigenvalue weighted by Crippen LogP contribution is 2.42. The molecule has 1 N–H and O–H groups in total. The van der Waals surface area contributed by atoms with E-state index in [-0.39, 0.29) is 34.9 Å². The number of hydrogen-bond acceptors (Lipinski definition) is 5. The summed E-state index contributed by atoms with van der Waals surface area (Å²) in [4.78, 5) is 34.3. The second kappa shape index (κ2) is 11.9. The molecule has 4 atom stereocenters. The van der Waals surface area contributed by atoms with Gasteiger partial charge in [-0.15, -0.1) is 0 Å². The average molecular weight is 589 g/mol. The van der Waals surface area contributed by atoms with Crippen molar-refractivity contribution in [2.45, 2.75) is 117 Å². The first-order chi connectivity index (χ1) is 19.4. The Kier molecular flexibility index (Phi) is 9.13. The molecule has 7 nitrogen and oxygen atoms in total. The molecular weight excluding hydrogens is 538 g/mol. The largest absolute Gasteiger partial charge is 0.411 e. The Bertz CT molecular complexity index is 1180. The van der Waals surface area contributed by atoms with Crippen LogP contribution < -0.4 is 0 Å². The molecule has 2 heterocycles. The fraction of sp³-hybridized carbons (Fsp3) is 0.727. The summed E-state index contributed by atoms with van der Waals surface area (Å²) in [6.45, 7) is 17.7. The second-order valence-electron chi connectivity index (χ2n) is 15.5. The van der Waals surface area contributed by atoms with Crippen molar-refractivity contribution in [3.63, 3.8) is 0 Å². The van der Waals surface area contributed by atoms with Crippen LogP contribution in [0, 0.1) is 28.4 Å². The number of oxime groups is 1. The van der Waals surface area contributed by atoms with Crippen molar-refractivity contribution in [2.75, 3.05) is 19.6 Å². The van der Waals surface area contributed by atoms with E-state index in [4.69, 9.17) is 0 Å². The van der Waals surface area contributed by atoms with Crippen LogP contribution in [0.5, 0.6) is 0 Å². The topological polar surface area (TPSA) is 76.5 Å². The van der Waals surface area contributed by atoms with Gasteiger partial charge in [0.25, 0.3) is 0 Å². The molecule has 0 bridgehead atoms. The summed E-state index contributed by atoms with van der Waals surface area (Å²) in [5.74, 6) is -2.42. The lowest BCUT2D eigenvalue weighted by Crippen LogP contribution is -2.54. The number of nitrogens with zero attached hydrogens (tertiary/aromatic N) is 4. The lowest BCUT2D eigenvalue weighted by Gasteiger charge is -2.45. The van der Waals surface area contributed by atoms with Crippen molar-refractivity contribution >= 4 is 18.0 Å². The van der Waals surface area contributed by atoms with Gasteiger partial charge in [0.15, 0.2) is 0 Å². The first kappa shape index (κ1) is 32.4. The summed E-state index contributed by atoms with van der Waals surface area (Å²) in [6.07, 6.45) is 5.73. The highest BCUT2D eigenvalue weighted by molar-refractivity contribution is 5.86. The molecular formula is C33H50F2N4O3. The van der Waals surface area contributed by atoms with E-state index in [1.54, 1.807) is 4.90 Å². The van der Waals surface area contributed by atoms with Gasteiger partial charge in [0.1, 0.15) is 11.6 Å². The fourth-order valence-corrected chi connectivity index (χ4v) is 7.13. The molecule has 0 spiro atoms. The molecule has 1 unspecified atom stereocenters. The Hall–Kier alpha value is -2.55. The van der Waals surface area contributed by atoms with Gasteiger partial charge in [0.2, 0.25) is 11.8 Å². The van der Waals surface area contributed by atoms with Crippen LogP contribution >= 0.6 is 0 Å². The predicted molar refractivity (Wildman–Crippen MR) is 160 cm³/mol. The fourth-order valence-electron chi connectivity index (χ4n) is 7.13. The minimum Gasteiger partial charge on any atom is -0.411 e. The van der Waals surface area contributed by atoms with Crippen LogP contribution in [0.25, 0.3) is 0 Å². The van der Waals surface area contributed by atoms with E-state index < -0.39 is 34.9 Å². The van der Waals surface area contributed by atoms with Gasteiger partial charge in [-0.25, -0.2) is 8.78 Å². The summed E-state index contributed by atoms with van der Waals surface area (Å²) in [5.41, 5.74) is -0.273. The molecule has 0 aromatic heterocycles. The molecule has 1 aromatic carbocycles. The van der Waals surface area contributed by atoms with E-state index in [0.717, 1.165) is 31.7 Å². The molecule has 234 valence electrons. The lowest BCUT2D eigenvalue weighted by molar-refractivity contribution is -0.147.